The van der Waals surface area contributed by atoms with Gasteiger partial charge in [0.1, 0.15) is 12.4 Å². The number of ether oxygens (including phenoxy) is 1. The Balaban J connectivity index is 1.62. The van der Waals surface area contributed by atoms with Crippen molar-refractivity contribution >= 4 is 27.5 Å². The summed E-state index contributed by atoms with van der Waals surface area (Å²) in [5.41, 5.74) is 2.78. The Bertz CT molecular complexity index is 1040. The highest BCUT2D eigenvalue weighted by molar-refractivity contribution is 9.10. The van der Waals surface area contributed by atoms with Gasteiger partial charge < -0.3 is 10.1 Å². The molecule has 0 radical (unpaired) electrons. The summed E-state index contributed by atoms with van der Waals surface area (Å²) >= 11 is 3.41. The van der Waals surface area contributed by atoms with Gasteiger partial charge in [-0.25, -0.2) is 0 Å². The van der Waals surface area contributed by atoms with Crippen molar-refractivity contribution < 1.29 is 14.5 Å². The quantitative estimate of drug-likeness (QED) is 0.427. The van der Waals surface area contributed by atoms with Crippen LogP contribution in [0.1, 0.15) is 27.2 Å². The number of nitro benzene ring substituents is 1. The number of amides is 1. The number of carbonyl (C=O) groups excluding carboxylic acids is 1. The summed E-state index contributed by atoms with van der Waals surface area (Å²) in [6.45, 7) is 2.25. The highest BCUT2D eigenvalue weighted by Gasteiger charge is 2.12. The van der Waals surface area contributed by atoms with E-state index in [1.807, 2.05) is 13.1 Å². The average molecular weight is 459 g/mol. The second-order valence-electron chi connectivity index (χ2n) is 6.44. The number of rotatable bonds is 7. The maximum Gasteiger partial charge on any atom is 0.272 e. The number of aryl methyl sites for hydroxylation is 2. The molecule has 3 aromatic rings. The van der Waals surface area contributed by atoms with E-state index < -0.39 is 4.92 Å². The van der Waals surface area contributed by atoms with Crippen molar-refractivity contribution in [1.29, 1.82) is 0 Å². The fourth-order valence-corrected chi connectivity index (χ4v) is 3.28. The number of nitrogens with zero attached hydrogens (tertiary/aromatic N) is 3. The highest BCUT2D eigenvalue weighted by atomic mass is 79.9. The monoisotopic (exact) mass is 458 g/mol. The van der Waals surface area contributed by atoms with Gasteiger partial charge in [0.25, 0.3) is 11.6 Å². The molecule has 9 heteroatoms. The van der Waals surface area contributed by atoms with E-state index in [1.54, 1.807) is 48.1 Å². The molecule has 29 heavy (non-hydrogen) atoms. The summed E-state index contributed by atoms with van der Waals surface area (Å²) in [5, 5.41) is 17.9. The minimum absolute atomic E-state index is 0.0519. The number of halogens is 1. The van der Waals surface area contributed by atoms with Gasteiger partial charge in [0.05, 0.1) is 27.8 Å². The van der Waals surface area contributed by atoms with E-state index in [-0.39, 0.29) is 18.2 Å². The van der Waals surface area contributed by atoms with Crippen molar-refractivity contribution in [2.75, 3.05) is 0 Å². The third-order valence-electron chi connectivity index (χ3n) is 4.39. The van der Waals surface area contributed by atoms with Gasteiger partial charge in [-0.05, 0) is 52.7 Å². The molecule has 1 N–H and O–H groups in total. The first-order valence-electron chi connectivity index (χ1n) is 8.76. The molecule has 0 fully saturated rings. The van der Waals surface area contributed by atoms with Crippen LogP contribution < -0.4 is 10.1 Å². The number of carbonyl (C=O) groups is 1. The number of hydrogen-bond acceptors (Lipinski definition) is 5. The summed E-state index contributed by atoms with van der Waals surface area (Å²) in [6.07, 6.45) is 1.68. The Morgan fingerprint density at radius 3 is 2.76 bits per heavy atom. The van der Waals surface area contributed by atoms with Crippen molar-refractivity contribution in [2.24, 2.45) is 7.05 Å². The first-order valence-corrected chi connectivity index (χ1v) is 9.56. The molecule has 3 rings (SSSR count). The van der Waals surface area contributed by atoms with Crippen molar-refractivity contribution in [2.45, 2.75) is 20.1 Å². The molecule has 0 bridgehead atoms. The number of aromatic nitrogens is 2. The summed E-state index contributed by atoms with van der Waals surface area (Å²) < 4.78 is 8.25. The first-order chi connectivity index (χ1) is 13.8. The molecular formula is C20H19BrN4O4. The van der Waals surface area contributed by atoms with Gasteiger partial charge in [0.2, 0.25) is 0 Å². The van der Waals surface area contributed by atoms with E-state index in [2.05, 4.69) is 26.3 Å². The molecule has 0 spiro atoms. The molecular weight excluding hydrogens is 440 g/mol. The van der Waals surface area contributed by atoms with Gasteiger partial charge in [-0.15, -0.1) is 0 Å². The zero-order valence-corrected chi connectivity index (χ0v) is 17.5. The average Bonchev–Trinajstić information content (AvgIpc) is 3.02. The van der Waals surface area contributed by atoms with Crippen molar-refractivity contribution in [3.63, 3.8) is 0 Å². The van der Waals surface area contributed by atoms with Gasteiger partial charge in [-0.2, -0.15) is 5.10 Å². The molecule has 150 valence electrons. The van der Waals surface area contributed by atoms with E-state index in [4.69, 9.17) is 4.74 Å². The van der Waals surface area contributed by atoms with Crippen LogP contribution in [0.25, 0.3) is 0 Å². The third kappa shape index (κ3) is 5.00. The SMILES string of the molecule is Cc1cc(OCc2cccc(C(=O)NCc3c(Br)cnn3C)c2)ccc1[N+](=O)[O-]. The van der Waals surface area contributed by atoms with Crippen molar-refractivity contribution in [3.05, 3.63) is 85.6 Å². The van der Waals surface area contributed by atoms with Gasteiger partial charge in [-0.3, -0.25) is 19.6 Å². The third-order valence-corrected chi connectivity index (χ3v) is 5.05. The number of benzene rings is 2. The number of nitrogens with one attached hydrogen (secondary N) is 1. The summed E-state index contributed by atoms with van der Waals surface area (Å²) in [6, 6.07) is 11.7. The number of hydrogen-bond donors (Lipinski definition) is 1. The Morgan fingerprint density at radius 2 is 2.10 bits per heavy atom. The standard InChI is InChI=1S/C20H19BrN4O4/c1-13-8-16(6-7-18(13)25(27)28)29-12-14-4-3-5-15(9-14)20(26)22-11-19-17(21)10-23-24(19)2/h3-10H,11-12H2,1-2H3,(H,22,26). The number of nitro groups is 1. The van der Waals surface area contributed by atoms with Gasteiger partial charge >= 0.3 is 0 Å². The summed E-state index contributed by atoms with van der Waals surface area (Å²) in [7, 11) is 1.81. The zero-order chi connectivity index (χ0) is 21.0. The van der Waals surface area contributed by atoms with Gasteiger partial charge in [0.15, 0.2) is 0 Å². The molecule has 1 heterocycles. The molecule has 2 aromatic carbocycles. The Kier molecular flexibility index (Phi) is 6.28. The van der Waals surface area contributed by atoms with E-state index in [9.17, 15) is 14.9 Å². The van der Waals surface area contributed by atoms with E-state index >= 15 is 0 Å². The largest absolute Gasteiger partial charge is 0.489 e. The molecule has 0 saturated carbocycles. The molecule has 0 aliphatic rings. The minimum atomic E-state index is -0.425. The lowest BCUT2D eigenvalue weighted by molar-refractivity contribution is -0.385. The topological polar surface area (TPSA) is 99.3 Å². The molecule has 0 aliphatic heterocycles. The van der Waals surface area contributed by atoms with Gasteiger partial charge in [-0.1, -0.05) is 12.1 Å². The maximum absolute atomic E-state index is 12.5. The summed E-state index contributed by atoms with van der Waals surface area (Å²) in [5.74, 6) is 0.329. The Morgan fingerprint density at radius 1 is 1.31 bits per heavy atom. The van der Waals surface area contributed by atoms with Crippen LogP contribution in [0.3, 0.4) is 0 Å². The predicted molar refractivity (Wildman–Crippen MR) is 111 cm³/mol. The van der Waals surface area contributed by atoms with E-state index in [0.717, 1.165) is 15.7 Å². The van der Waals surface area contributed by atoms with Gasteiger partial charge in [0, 0.05) is 24.2 Å². The highest BCUT2D eigenvalue weighted by Crippen LogP contribution is 2.24. The van der Waals surface area contributed by atoms with Crippen LogP contribution in [-0.4, -0.2) is 20.6 Å². The second-order valence-corrected chi connectivity index (χ2v) is 7.29. The fraction of sp³-hybridized carbons (Fsp3) is 0.200. The molecule has 1 aromatic heterocycles. The van der Waals surface area contributed by atoms with Crippen LogP contribution >= 0.6 is 15.9 Å². The van der Waals surface area contributed by atoms with E-state index in [1.165, 1.54) is 6.07 Å². The maximum atomic E-state index is 12.5. The fourth-order valence-electron chi connectivity index (χ4n) is 2.79. The van der Waals surface area contributed by atoms with E-state index in [0.29, 0.717) is 23.4 Å². The van der Waals surface area contributed by atoms with Crippen LogP contribution in [0.5, 0.6) is 5.75 Å². The zero-order valence-electron chi connectivity index (χ0n) is 15.9. The van der Waals surface area contributed by atoms with Crippen molar-refractivity contribution in [1.82, 2.24) is 15.1 Å². The predicted octanol–water partition coefficient (Wildman–Crippen LogP) is 3.91. The molecule has 0 saturated heterocycles. The van der Waals surface area contributed by atoms with Crippen molar-refractivity contribution in [3.8, 4) is 5.75 Å². The molecule has 0 unspecified atom stereocenters. The van der Waals surface area contributed by atoms with Crippen LogP contribution in [0.4, 0.5) is 5.69 Å². The lowest BCUT2D eigenvalue weighted by atomic mass is 10.1. The second kappa shape index (κ2) is 8.87. The minimum Gasteiger partial charge on any atom is -0.489 e. The normalized spacial score (nSPS) is 10.6. The molecule has 8 nitrogen and oxygen atoms in total. The van der Waals surface area contributed by atoms with Crippen LogP contribution in [0.2, 0.25) is 0 Å². The Labute approximate surface area is 175 Å². The molecule has 0 atom stereocenters. The van der Waals surface area contributed by atoms with Crippen LogP contribution in [0.15, 0.2) is 53.1 Å². The Hall–Kier alpha value is -3.20. The molecule has 1 amide bonds. The lowest BCUT2D eigenvalue weighted by Crippen LogP contribution is -2.24. The van der Waals surface area contributed by atoms with Crippen LogP contribution in [-0.2, 0) is 20.2 Å². The smallest absolute Gasteiger partial charge is 0.272 e. The lowest BCUT2D eigenvalue weighted by Gasteiger charge is -2.10. The first kappa shape index (κ1) is 20.5. The molecule has 0 aliphatic carbocycles. The van der Waals surface area contributed by atoms with Crippen LogP contribution in [0, 0.1) is 17.0 Å². The summed E-state index contributed by atoms with van der Waals surface area (Å²) in [4.78, 5) is 22.9.